The maximum absolute atomic E-state index is 6.24. The second kappa shape index (κ2) is 5.69. The number of nitrogens with zero attached hydrogens (tertiary/aromatic N) is 2. The lowest BCUT2D eigenvalue weighted by molar-refractivity contribution is 0.0803. The third kappa shape index (κ3) is 2.73. The van der Waals surface area contributed by atoms with Crippen molar-refractivity contribution >= 4 is 0 Å². The van der Waals surface area contributed by atoms with Crippen molar-refractivity contribution < 1.29 is 9.26 Å². The van der Waals surface area contributed by atoms with Crippen molar-refractivity contribution in [2.75, 3.05) is 13.2 Å². The molecule has 1 aliphatic carbocycles. The van der Waals surface area contributed by atoms with Crippen LogP contribution in [0, 0.1) is 11.3 Å². The minimum absolute atomic E-state index is 0.0944. The first-order valence-corrected chi connectivity index (χ1v) is 8.17. The van der Waals surface area contributed by atoms with E-state index >= 15 is 0 Å². The van der Waals surface area contributed by atoms with Gasteiger partial charge >= 0.3 is 0 Å². The van der Waals surface area contributed by atoms with Crippen molar-refractivity contribution in [1.82, 2.24) is 10.1 Å². The van der Waals surface area contributed by atoms with Crippen molar-refractivity contribution in [3.8, 4) is 0 Å². The van der Waals surface area contributed by atoms with Crippen LogP contribution in [-0.2, 0) is 4.74 Å². The second-order valence-corrected chi connectivity index (χ2v) is 7.28. The van der Waals surface area contributed by atoms with E-state index in [0.29, 0.717) is 17.8 Å². The van der Waals surface area contributed by atoms with Crippen LogP contribution in [0.2, 0.25) is 0 Å². The Morgan fingerprint density at radius 3 is 2.57 bits per heavy atom. The molecule has 2 aliphatic rings. The number of rotatable bonds is 2. The fourth-order valence-electron chi connectivity index (χ4n) is 3.80. The predicted molar refractivity (Wildman–Crippen MR) is 80.0 cm³/mol. The van der Waals surface area contributed by atoms with Gasteiger partial charge in [-0.2, -0.15) is 4.98 Å². The summed E-state index contributed by atoms with van der Waals surface area (Å²) in [7, 11) is 0. The molecule has 1 aliphatic heterocycles. The van der Waals surface area contributed by atoms with Crippen LogP contribution >= 0.6 is 0 Å². The number of ether oxygens (including phenoxy) is 1. The van der Waals surface area contributed by atoms with E-state index in [9.17, 15) is 0 Å². The van der Waals surface area contributed by atoms with Crippen LogP contribution in [0.25, 0.3) is 0 Å². The zero-order valence-electron chi connectivity index (χ0n) is 13.3. The van der Waals surface area contributed by atoms with Gasteiger partial charge in [0.1, 0.15) is 0 Å². The average Bonchev–Trinajstić information content (AvgIpc) is 2.95. The first-order valence-electron chi connectivity index (χ1n) is 8.17. The summed E-state index contributed by atoms with van der Waals surface area (Å²) in [4.78, 5) is 4.74. The van der Waals surface area contributed by atoms with Crippen LogP contribution in [0.5, 0.6) is 0 Å². The van der Waals surface area contributed by atoms with Gasteiger partial charge in [-0.3, -0.25) is 0 Å². The molecule has 0 aromatic carbocycles. The molecule has 21 heavy (non-hydrogen) atoms. The van der Waals surface area contributed by atoms with E-state index in [2.05, 4.69) is 25.9 Å². The highest BCUT2D eigenvalue weighted by Gasteiger charge is 2.45. The Kier molecular flexibility index (Phi) is 4.06. The summed E-state index contributed by atoms with van der Waals surface area (Å²) in [5.74, 6) is 2.83. The summed E-state index contributed by atoms with van der Waals surface area (Å²) in [5.41, 5.74) is 6.33. The van der Waals surface area contributed by atoms with E-state index in [-0.39, 0.29) is 11.5 Å². The number of nitrogens with two attached hydrogens (primary N) is 1. The number of hydrogen-bond donors (Lipinski definition) is 1. The fourth-order valence-corrected chi connectivity index (χ4v) is 3.80. The minimum atomic E-state index is 0.0944. The molecule has 0 amide bonds. The number of aromatic nitrogens is 2. The fraction of sp³-hybridized carbons (Fsp3) is 0.875. The summed E-state index contributed by atoms with van der Waals surface area (Å²) in [6.45, 7) is 8.40. The molecule has 3 atom stereocenters. The van der Waals surface area contributed by atoms with Crippen LogP contribution in [0.4, 0.5) is 0 Å². The zero-order valence-corrected chi connectivity index (χ0v) is 13.3. The highest BCUT2D eigenvalue weighted by Crippen LogP contribution is 2.49. The Morgan fingerprint density at radius 2 is 1.86 bits per heavy atom. The lowest BCUT2D eigenvalue weighted by Gasteiger charge is -2.45. The molecular formula is C16H27N3O2. The van der Waals surface area contributed by atoms with E-state index in [1.165, 1.54) is 0 Å². The third-order valence-electron chi connectivity index (χ3n) is 5.84. The monoisotopic (exact) mass is 293 g/mol. The van der Waals surface area contributed by atoms with Crippen LogP contribution in [-0.4, -0.2) is 29.4 Å². The Hall–Kier alpha value is -0.940. The molecule has 1 saturated heterocycles. The summed E-state index contributed by atoms with van der Waals surface area (Å²) in [6, 6.07) is 0.272. The third-order valence-corrected chi connectivity index (χ3v) is 5.84. The first-order chi connectivity index (χ1) is 10.00. The van der Waals surface area contributed by atoms with Crippen molar-refractivity contribution in [2.24, 2.45) is 17.1 Å². The predicted octanol–water partition coefficient (Wildman–Crippen LogP) is 2.83. The number of hydrogen-bond acceptors (Lipinski definition) is 5. The molecule has 118 valence electrons. The Bertz CT molecular complexity index is 480. The lowest BCUT2D eigenvalue weighted by atomic mass is 9.61. The Balaban J connectivity index is 1.79. The normalized spacial score (nSPS) is 34.0. The molecule has 3 unspecified atom stereocenters. The van der Waals surface area contributed by atoms with E-state index in [4.69, 9.17) is 20.0 Å². The quantitative estimate of drug-likeness (QED) is 0.907. The lowest BCUT2D eigenvalue weighted by Crippen LogP contribution is -2.45. The van der Waals surface area contributed by atoms with Gasteiger partial charge in [-0.05, 0) is 37.0 Å². The SMILES string of the molecule is CC1C(N)CCC(c2nc(C3CCOCC3)no2)C1(C)C. The Labute approximate surface area is 126 Å². The zero-order chi connectivity index (χ0) is 15.0. The summed E-state index contributed by atoms with van der Waals surface area (Å²) < 4.78 is 11.0. The molecular weight excluding hydrogens is 266 g/mol. The molecule has 5 nitrogen and oxygen atoms in total. The van der Waals surface area contributed by atoms with Gasteiger partial charge in [-0.1, -0.05) is 25.9 Å². The van der Waals surface area contributed by atoms with Gasteiger partial charge in [0, 0.05) is 31.1 Å². The smallest absolute Gasteiger partial charge is 0.230 e. The van der Waals surface area contributed by atoms with Gasteiger partial charge in [0.25, 0.3) is 0 Å². The van der Waals surface area contributed by atoms with E-state index in [1.807, 2.05) is 0 Å². The molecule has 1 saturated carbocycles. The molecule has 0 bridgehead atoms. The van der Waals surface area contributed by atoms with Crippen LogP contribution in [0.3, 0.4) is 0 Å². The first kappa shape index (κ1) is 15.0. The van der Waals surface area contributed by atoms with Crippen molar-refractivity contribution in [2.45, 2.75) is 64.3 Å². The van der Waals surface area contributed by atoms with Gasteiger partial charge < -0.3 is 15.0 Å². The Morgan fingerprint density at radius 1 is 1.14 bits per heavy atom. The van der Waals surface area contributed by atoms with Gasteiger partial charge in [0.15, 0.2) is 5.82 Å². The highest BCUT2D eigenvalue weighted by molar-refractivity contribution is 5.08. The maximum atomic E-state index is 6.24. The summed E-state index contributed by atoms with van der Waals surface area (Å²) >= 11 is 0. The van der Waals surface area contributed by atoms with Gasteiger partial charge in [0.05, 0.1) is 0 Å². The molecule has 2 heterocycles. The molecule has 5 heteroatoms. The standard InChI is InChI=1S/C16H27N3O2/c1-10-13(17)5-4-12(16(10,2)3)15-18-14(19-21-15)11-6-8-20-9-7-11/h10-13H,4-9,17H2,1-3H3. The summed E-state index contributed by atoms with van der Waals surface area (Å²) in [6.07, 6.45) is 4.06. The van der Waals surface area contributed by atoms with Gasteiger partial charge in [-0.15, -0.1) is 0 Å². The minimum Gasteiger partial charge on any atom is -0.381 e. The largest absolute Gasteiger partial charge is 0.381 e. The van der Waals surface area contributed by atoms with E-state index < -0.39 is 0 Å². The topological polar surface area (TPSA) is 74.2 Å². The molecule has 0 radical (unpaired) electrons. The summed E-state index contributed by atoms with van der Waals surface area (Å²) in [5, 5.41) is 4.25. The van der Waals surface area contributed by atoms with Crippen LogP contribution in [0.15, 0.2) is 4.52 Å². The van der Waals surface area contributed by atoms with Crippen molar-refractivity contribution in [1.29, 1.82) is 0 Å². The maximum Gasteiger partial charge on any atom is 0.230 e. The molecule has 2 N–H and O–H groups in total. The van der Waals surface area contributed by atoms with Crippen molar-refractivity contribution in [3.63, 3.8) is 0 Å². The molecule has 2 fully saturated rings. The second-order valence-electron chi connectivity index (χ2n) is 7.28. The highest BCUT2D eigenvalue weighted by atomic mass is 16.5. The van der Waals surface area contributed by atoms with Gasteiger partial charge in [0.2, 0.25) is 5.89 Å². The van der Waals surface area contributed by atoms with E-state index in [0.717, 1.165) is 50.6 Å². The van der Waals surface area contributed by atoms with Crippen LogP contribution in [0.1, 0.15) is 70.0 Å². The average molecular weight is 293 g/mol. The van der Waals surface area contributed by atoms with Crippen LogP contribution < -0.4 is 5.73 Å². The molecule has 1 aromatic heterocycles. The molecule has 3 rings (SSSR count). The molecule has 1 aromatic rings. The van der Waals surface area contributed by atoms with E-state index in [1.54, 1.807) is 0 Å². The van der Waals surface area contributed by atoms with Gasteiger partial charge in [-0.25, -0.2) is 0 Å². The molecule has 0 spiro atoms. The van der Waals surface area contributed by atoms with Crippen molar-refractivity contribution in [3.05, 3.63) is 11.7 Å².